The Morgan fingerprint density at radius 2 is 1.85 bits per heavy atom. The van der Waals surface area contributed by atoms with Crippen molar-refractivity contribution in [2.24, 2.45) is 5.73 Å². The summed E-state index contributed by atoms with van der Waals surface area (Å²) in [5.41, 5.74) is 6.80. The predicted octanol–water partition coefficient (Wildman–Crippen LogP) is 1.50. The molecule has 0 radical (unpaired) electrons. The second-order valence-corrected chi connectivity index (χ2v) is 3.20. The van der Waals surface area contributed by atoms with Crippen LogP contribution in [0.4, 0.5) is 0 Å². The number of hydrogen-bond acceptors (Lipinski definition) is 2. The zero-order chi connectivity index (χ0) is 9.52. The molecule has 1 unspecified atom stereocenters. The van der Waals surface area contributed by atoms with E-state index in [9.17, 15) is 0 Å². The lowest BCUT2D eigenvalue weighted by Gasteiger charge is -2.14. The van der Waals surface area contributed by atoms with Crippen LogP contribution in [0.1, 0.15) is 24.3 Å². The van der Waals surface area contributed by atoms with Crippen molar-refractivity contribution in [2.45, 2.75) is 18.8 Å². The number of benzene rings is 1. The molecule has 0 bridgehead atoms. The molecule has 0 aliphatic heterocycles. The second kappa shape index (κ2) is 5.73. The van der Waals surface area contributed by atoms with E-state index in [0.29, 0.717) is 12.5 Å². The van der Waals surface area contributed by atoms with E-state index in [2.05, 4.69) is 12.1 Å². The lowest BCUT2D eigenvalue weighted by Crippen LogP contribution is -2.08. The van der Waals surface area contributed by atoms with Crippen molar-refractivity contribution in [2.75, 3.05) is 13.2 Å². The second-order valence-electron chi connectivity index (χ2n) is 3.20. The lowest BCUT2D eigenvalue weighted by molar-refractivity contribution is 0.273. The maximum Gasteiger partial charge on any atom is 0.0436 e. The van der Waals surface area contributed by atoms with E-state index in [4.69, 9.17) is 10.8 Å². The van der Waals surface area contributed by atoms with E-state index in [1.807, 2.05) is 18.2 Å². The molecule has 0 saturated carbocycles. The number of hydrogen-bond donors (Lipinski definition) is 2. The summed E-state index contributed by atoms with van der Waals surface area (Å²) in [7, 11) is 0. The number of aliphatic hydroxyl groups is 1. The van der Waals surface area contributed by atoms with Crippen molar-refractivity contribution >= 4 is 0 Å². The van der Waals surface area contributed by atoms with Crippen LogP contribution < -0.4 is 5.73 Å². The highest BCUT2D eigenvalue weighted by Crippen LogP contribution is 2.21. The van der Waals surface area contributed by atoms with Gasteiger partial charge in [-0.25, -0.2) is 0 Å². The number of nitrogens with two attached hydrogens (primary N) is 1. The van der Waals surface area contributed by atoms with Crippen LogP contribution in [0.25, 0.3) is 0 Å². The molecule has 0 saturated heterocycles. The van der Waals surface area contributed by atoms with Crippen molar-refractivity contribution in [3.8, 4) is 0 Å². The smallest absolute Gasteiger partial charge is 0.0436 e. The summed E-state index contributed by atoms with van der Waals surface area (Å²) in [5, 5.41) is 8.88. The van der Waals surface area contributed by atoms with Crippen LogP contribution in [0.5, 0.6) is 0 Å². The van der Waals surface area contributed by atoms with E-state index in [1.54, 1.807) is 0 Å². The fourth-order valence-electron chi connectivity index (χ4n) is 1.56. The maximum atomic E-state index is 8.88. The van der Waals surface area contributed by atoms with E-state index >= 15 is 0 Å². The third-order valence-corrected chi connectivity index (χ3v) is 2.26. The third-order valence-electron chi connectivity index (χ3n) is 2.26. The Morgan fingerprint density at radius 1 is 1.15 bits per heavy atom. The molecule has 13 heavy (non-hydrogen) atoms. The number of aliphatic hydroxyl groups excluding tert-OH is 1. The van der Waals surface area contributed by atoms with Crippen molar-refractivity contribution < 1.29 is 5.11 Å². The summed E-state index contributed by atoms with van der Waals surface area (Å²) in [4.78, 5) is 0. The molecule has 0 aliphatic carbocycles. The molecule has 1 aromatic carbocycles. The van der Waals surface area contributed by atoms with E-state index in [0.717, 1.165) is 12.8 Å². The molecule has 2 nitrogen and oxygen atoms in total. The van der Waals surface area contributed by atoms with Gasteiger partial charge in [-0.1, -0.05) is 30.3 Å². The maximum absolute atomic E-state index is 8.88. The third kappa shape index (κ3) is 3.17. The summed E-state index contributed by atoms with van der Waals surface area (Å²) in [6.07, 6.45) is 1.76. The Kier molecular flexibility index (Phi) is 4.50. The van der Waals surface area contributed by atoms with Gasteiger partial charge in [-0.15, -0.1) is 0 Å². The van der Waals surface area contributed by atoms with Gasteiger partial charge in [-0.3, -0.25) is 0 Å². The predicted molar refractivity (Wildman–Crippen MR) is 54.6 cm³/mol. The van der Waals surface area contributed by atoms with Gasteiger partial charge in [0.05, 0.1) is 0 Å². The van der Waals surface area contributed by atoms with Crippen LogP contribution in [0.2, 0.25) is 0 Å². The summed E-state index contributed by atoms with van der Waals surface area (Å²) in [6.45, 7) is 0.916. The highest BCUT2D eigenvalue weighted by molar-refractivity contribution is 5.19. The van der Waals surface area contributed by atoms with E-state index < -0.39 is 0 Å². The van der Waals surface area contributed by atoms with E-state index in [-0.39, 0.29) is 6.61 Å². The van der Waals surface area contributed by atoms with Gasteiger partial charge in [-0.2, -0.15) is 0 Å². The molecule has 0 amide bonds. The Morgan fingerprint density at radius 3 is 2.38 bits per heavy atom. The van der Waals surface area contributed by atoms with Crippen molar-refractivity contribution in [3.05, 3.63) is 35.9 Å². The van der Waals surface area contributed by atoms with Gasteiger partial charge in [0.2, 0.25) is 0 Å². The van der Waals surface area contributed by atoms with Crippen molar-refractivity contribution in [3.63, 3.8) is 0 Å². The molecule has 0 heterocycles. The summed E-state index contributed by atoms with van der Waals surface area (Å²) < 4.78 is 0. The summed E-state index contributed by atoms with van der Waals surface area (Å²) >= 11 is 0. The average Bonchev–Trinajstić information content (AvgIpc) is 2.19. The summed E-state index contributed by atoms with van der Waals surface area (Å²) in [6, 6.07) is 10.2. The largest absolute Gasteiger partial charge is 0.396 e. The first-order valence-corrected chi connectivity index (χ1v) is 4.74. The van der Waals surface area contributed by atoms with Crippen molar-refractivity contribution in [1.82, 2.24) is 0 Å². The molecule has 1 rings (SSSR count). The molecule has 3 N–H and O–H groups in total. The van der Waals surface area contributed by atoms with Gasteiger partial charge >= 0.3 is 0 Å². The van der Waals surface area contributed by atoms with Gasteiger partial charge in [0.15, 0.2) is 0 Å². The standard InChI is InChI=1S/C11H17NO/c12-8-6-11(7-9-13)10-4-2-1-3-5-10/h1-5,11,13H,6-9,12H2. The normalized spacial score (nSPS) is 12.8. The zero-order valence-electron chi connectivity index (χ0n) is 7.82. The quantitative estimate of drug-likeness (QED) is 0.719. The molecule has 0 aromatic heterocycles. The van der Waals surface area contributed by atoms with Gasteiger partial charge < -0.3 is 10.8 Å². The van der Waals surface area contributed by atoms with Crippen LogP contribution in [0, 0.1) is 0 Å². The number of rotatable bonds is 5. The van der Waals surface area contributed by atoms with Crippen LogP contribution in [-0.2, 0) is 0 Å². The Hall–Kier alpha value is -0.860. The van der Waals surface area contributed by atoms with Crippen LogP contribution in [-0.4, -0.2) is 18.3 Å². The minimum atomic E-state index is 0.236. The molecule has 1 aromatic rings. The summed E-state index contributed by atoms with van der Waals surface area (Å²) in [5.74, 6) is 0.413. The molecule has 2 heteroatoms. The van der Waals surface area contributed by atoms with Crippen LogP contribution >= 0.6 is 0 Å². The SMILES string of the molecule is NCCC(CCO)c1ccccc1. The Labute approximate surface area is 79.4 Å². The minimum absolute atomic E-state index is 0.236. The lowest BCUT2D eigenvalue weighted by atomic mass is 9.93. The Balaban J connectivity index is 2.64. The van der Waals surface area contributed by atoms with Gasteiger partial charge in [0.1, 0.15) is 0 Å². The monoisotopic (exact) mass is 179 g/mol. The first-order valence-electron chi connectivity index (χ1n) is 4.74. The first kappa shape index (κ1) is 10.2. The zero-order valence-corrected chi connectivity index (χ0v) is 7.82. The van der Waals surface area contributed by atoms with Gasteiger partial charge in [0, 0.05) is 6.61 Å². The fraction of sp³-hybridized carbons (Fsp3) is 0.455. The molecule has 0 fully saturated rings. The molecule has 72 valence electrons. The van der Waals surface area contributed by atoms with Crippen molar-refractivity contribution in [1.29, 1.82) is 0 Å². The van der Waals surface area contributed by atoms with Crippen LogP contribution in [0.15, 0.2) is 30.3 Å². The average molecular weight is 179 g/mol. The van der Waals surface area contributed by atoms with Gasteiger partial charge in [0.25, 0.3) is 0 Å². The van der Waals surface area contributed by atoms with Crippen LogP contribution in [0.3, 0.4) is 0 Å². The molecule has 0 aliphatic rings. The molecule has 1 atom stereocenters. The first-order chi connectivity index (χ1) is 6.38. The highest BCUT2D eigenvalue weighted by atomic mass is 16.3. The topological polar surface area (TPSA) is 46.2 Å². The molecular formula is C11H17NO. The fourth-order valence-corrected chi connectivity index (χ4v) is 1.56. The highest BCUT2D eigenvalue weighted by Gasteiger charge is 2.08. The van der Waals surface area contributed by atoms with E-state index in [1.165, 1.54) is 5.56 Å². The Bertz CT molecular complexity index is 217. The van der Waals surface area contributed by atoms with Gasteiger partial charge in [-0.05, 0) is 30.9 Å². The molecular weight excluding hydrogens is 162 g/mol. The minimum Gasteiger partial charge on any atom is -0.396 e. The molecule has 0 spiro atoms.